The first-order valence-corrected chi connectivity index (χ1v) is 49.7. The van der Waals surface area contributed by atoms with E-state index in [0.717, 1.165) is 66.8 Å². The second-order valence-corrected chi connectivity index (χ2v) is 36.7. The number of fused-ring (bicyclic) bond motifs is 3. The molecule has 0 bridgehead atoms. The highest BCUT2D eigenvalue weighted by atomic mass is 16.6. The van der Waals surface area contributed by atoms with Crippen molar-refractivity contribution in [1.82, 2.24) is 0 Å². The van der Waals surface area contributed by atoms with Gasteiger partial charge in [0.25, 0.3) is 0 Å². The van der Waals surface area contributed by atoms with Gasteiger partial charge in [0.2, 0.25) is 0 Å². The van der Waals surface area contributed by atoms with Crippen LogP contribution in [0.25, 0.3) is 0 Å². The molecule has 3 N–H and O–H groups in total. The summed E-state index contributed by atoms with van der Waals surface area (Å²) in [5.41, 5.74) is 13.6. The van der Waals surface area contributed by atoms with Gasteiger partial charge in [0, 0.05) is 58.5 Å². The van der Waals surface area contributed by atoms with E-state index in [2.05, 4.69) is 0 Å². The molecule has 3 aliphatic heterocycles. The zero-order valence-electron chi connectivity index (χ0n) is 80.9. The highest BCUT2D eigenvalue weighted by molar-refractivity contribution is 5.72. The van der Waals surface area contributed by atoms with Gasteiger partial charge in [0.1, 0.15) is 149 Å². The summed E-state index contributed by atoms with van der Waals surface area (Å²) in [7, 11) is 0. The number of ether oxygens (including phenoxy) is 15. The molecule has 8 atom stereocenters. The Morgan fingerprint density at radius 1 is 0.190 bits per heavy atom. The molecular formula is C129H110O18. The Balaban J connectivity index is 0.843. The minimum atomic E-state index is -1.73. The Kier molecular flexibility index (Phi) is 30.4. The summed E-state index contributed by atoms with van der Waals surface area (Å²) in [6.07, 6.45) is -8.73. The van der Waals surface area contributed by atoms with Crippen LogP contribution >= 0.6 is 0 Å². The minimum absolute atomic E-state index is 0.0191. The average Bonchev–Trinajstić information content (AvgIpc) is 0.703. The predicted molar refractivity (Wildman–Crippen MR) is 563 cm³/mol. The van der Waals surface area contributed by atoms with E-state index in [9.17, 15) is 5.11 Å². The molecule has 3 aliphatic rings. The van der Waals surface area contributed by atoms with Gasteiger partial charge in [0.15, 0.2) is 46.7 Å². The summed E-state index contributed by atoms with van der Waals surface area (Å²) in [4.78, 5) is 0. The van der Waals surface area contributed by atoms with Crippen molar-refractivity contribution in [1.29, 1.82) is 0 Å². The van der Waals surface area contributed by atoms with Gasteiger partial charge in [-0.1, -0.05) is 382 Å². The second kappa shape index (κ2) is 46.5. The normalized spacial score (nSPS) is 16.3. The van der Waals surface area contributed by atoms with E-state index < -0.39 is 48.5 Å². The molecule has 0 aliphatic carbocycles. The molecule has 0 radical (unpaired) electrons. The molecule has 147 heavy (non-hydrogen) atoms. The maximum absolute atomic E-state index is 15.5. The third kappa shape index (κ3) is 23.4. The van der Waals surface area contributed by atoms with Crippen molar-refractivity contribution in [3.8, 4) is 86.2 Å². The summed E-state index contributed by atoms with van der Waals surface area (Å²) in [6.45, 7) is 1.22. The van der Waals surface area contributed by atoms with Gasteiger partial charge in [-0.05, 0) is 120 Å². The van der Waals surface area contributed by atoms with E-state index in [-0.39, 0.29) is 137 Å². The fourth-order valence-electron chi connectivity index (χ4n) is 19.0. The summed E-state index contributed by atoms with van der Waals surface area (Å²) in [5, 5.41) is 44.3. The quantitative estimate of drug-likeness (QED) is 0.0326. The Bertz CT molecular complexity index is 7360. The van der Waals surface area contributed by atoms with Crippen LogP contribution in [0.15, 0.2) is 443 Å². The minimum Gasteiger partial charge on any atom is -0.489 e. The summed E-state index contributed by atoms with van der Waals surface area (Å²) < 4.78 is 110. The Hall–Kier alpha value is -17.2. The second-order valence-electron chi connectivity index (χ2n) is 36.7. The summed E-state index contributed by atoms with van der Waals surface area (Å²) >= 11 is 0. The van der Waals surface area contributed by atoms with Crippen molar-refractivity contribution >= 4 is 0 Å². The van der Waals surface area contributed by atoms with Gasteiger partial charge in [-0.3, -0.25) is 0 Å². The van der Waals surface area contributed by atoms with Crippen molar-refractivity contribution < 1.29 is 86.4 Å². The summed E-state index contributed by atoms with van der Waals surface area (Å²) in [6, 6.07) is 143. The SMILES string of the molecule is O[C@H]1Cc2c(OCc3ccccc3)cc(OCc3ccccc3)c(C3c4c(OCc5ccccc5)cc(OCc5ccccc5)c(C5c6c(OCc7ccccc7)cc(OCc7ccccc7)cc6O[C@H](c6ccc(OCc7ccccc7)c(OCc7ccccc7)c6)[C@H]5O)c4O[C@H](c4ccc(OCc5ccccc5)c(OCc5ccccc5)c4)[C@H]3O)c2O[C@@H]1c1ccc(OCc2ccccc2)c(OCc2ccccc2)c1. The van der Waals surface area contributed by atoms with E-state index in [1.165, 1.54) is 0 Å². The smallest absolute Gasteiger partial charge is 0.162 e. The molecule has 0 saturated carbocycles. The first-order chi connectivity index (χ1) is 72.6. The van der Waals surface area contributed by atoms with Crippen molar-refractivity contribution in [2.75, 3.05) is 0 Å². The standard InChI is InChI=1S/C129H110O18/c130-104-72-103-108(137-79-91-45-21-5-22-46-91)73-113(142-84-96-55-31-10-32-56-96)118(128(103)146-125(104)99-61-64-105(134-76-88-39-15-2-16-40-88)109(67-99)138-80-92-47-23-6-24-48-92)122-120-115(144-86-98-59-35-12-36-60-98)74-114(143-85-97-57-33-11-34-58-97)119(129(120)147-127(124(122)132)101-63-66-107(136-78-90-43-19-4-20-44-90)111(69-101)140-82-94-51-27-8-28-52-94)121-117-112(141-83-95-53-29-9-30-54-95)70-102(133-75-87-37-13-1-14-38-87)71-116(117)145-126(123(121)131)100-62-65-106(135-77-89-41-17-3-18-42-89)110(68-100)139-81-93-49-25-7-26-50-93/h1-71,73-74,104,121-127,130-132H,72,75-86H2/t104-,121?,122?,123-,124-,125+,126+,127+/m0/s1. The van der Waals surface area contributed by atoms with Crippen molar-refractivity contribution in [3.63, 3.8) is 0 Å². The Morgan fingerprint density at radius 3 is 0.714 bits per heavy atom. The van der Waals surface area contributed by atoms with E-state index in [0.29, 0.717) is 79.4 Å². The zero-order chi connectivity index (χ0) is 99.2. The highest BCUT2D eigenvalue weighted by Crippen LogP contribution is 2.64. The molecule has 3 heterocycles. The van der Waals surface area contributed by atoms with E-state index >= 15 is 10.2 Å². The lowest BCUT2D eigenvalue weighted by Crippen LogP contribution is -2.39. The van der Waals surface area contributed by atoms with Crippen molar-refractivity contribution in [2.45, 2.75) is 134 Å². The van der Waals surface area contributed by atoms with Crippen LogP contribution in [0.1, 0.15) is 141 Å². The zero-order valence-corrected chi connectivity index (χ0v) is 80.9. The Morgan fingerprint density at radius 2 is 0.415 bits per heavy atom. The van der Waals surface area contributed by atoms with Gasteiger partial charge in [0.05, 0.1) is 17.9 Å². The Labute approximate surface area is 855 Å². The number of rotatable bonds is 41. The molecule has 18 aromatic carbocycles. The van der Waals surface area contributed by atoms with Gasteiger partial charge in [-0.2, -0.15) is 0 Å². The molecule has 0 aromatic heterocycles. The maximum atomic E-state index is 15.5. The maximum Gasteiger partial charge on any atom is 0.162 e. The number of hydrogen-bond donors (Lipinski definition) is 3. The molecule has 734 valence electrons. The van der Waals surface area contributed by atoms with Crippen LogP contribution in [0.3, 0.4) is 0 Å². The number of aliphatic hydroxyl groups is 3. The fraction of sp³-hybridized carbons (Fsp3) is 0.163. The van der Waals surface area contributed by atoms with Crippen LogP contribution < -0.4 is 71.1 Å². The van der Waals surface area contributed by atoms with Crippen LogP contribution in [0.2, 0.25) is 0 Å². The van der Waals surface area contributed by atoms with E-state index in [1.807, 2.05) is 443 Å². The van der Waals surface area contributed by atoms with Crippen LogP contribution in [0.5, 0.6) is 86.2 Å². The first kappa shape index (κ1) is 96.0. The molecule has 0 fully saturated rings. The fourth-order valence-corrected chi connectivity index (χ4v) is 19.0. The third-order valence-electron chi connectivity index (χ3n) is 26.5. The number of aliphatic hydroxyl groups excluding tert-OH is 3. The third-order valence-corrected chi connectivity index (χ3v) is 26.5. The van der Waals surface area contributed by atoms with E-state index in [1.54, 1.807) is 0 Å². The molecule has 18 heteroatoms. The van der Waals surface area contributed by atoms with Crippen LogP contribution in [-0.2, 0) is 85.7 Å². The predicted octanol–water partition coefficient (Wildman–Crippen LogP) is 26.9. The van der Waals surface area contributed by atoms with Gasteiger partial charge in [-0.25, -0.2) is 0 Å². The lowest BCUT2D eigenvalue weighted by Gasteiger charge is -2.44. The van der Waals surface area contributed by atoms with Crippen molar-refractivity contribution in [3.05, 3.63) is 554 Å². The van der Waals surface area contributed by atoms with Gasteiger partial charge >= 0.3 is 0 Å². The largest absolute Gasteiger partial charge is 0.489 e. The number of hydrogen-bond acceptors (Lipinski definition) is 18. The molecule has 2 unspecified atom stereocenters. The van der Waals surface area contributed by atoms with Gasteiger partial charge in [-0.15, -0.1) is 0 Å². The molecule has 18 nitrogen and oxygen atoms in total. The average molecular weight is 1950 g/mol. The molecule has 0 spiro atoms. The number of benzene rings is 18. The van der Waals surface area contributed by atoms with Crippen molar-refractivity contribution in [2.24, 2.45) is 0 Å². The van der Waals surface area contributed by atoms with Crippen LogP contribution in [-0.4, -0.2) is 33.6 Å². The topological polar surface area (TPSA) is 199 Å². The lowest BCUT2D eigenvalue weighted by atomic mass is 9.73. The molecule has 0 amide bonds. The highest BCUT2D eigenvalue weighted by Gasteiger charge is 2.52. The summed E-state index contributed by atoms with van der Waals surface area (Å²) in [5.74, 6) is 1.78. The van der Waals surface area contributed by atoms with Gasteiger partial charge < -0.3 is 86.4 Å². The molecule has 0 saturated heterocycles. The van der Waals surface area contributed by atoms with Crippen LogP contribution in [0.4, 0.5) is 0 Å². The molecule has 18 aromatic rings. The molecular weight excluding hydrogens is 1840 g/mol. The lowest BCUT2D eigenvalue weighted by molar-refractivity contribution is -0.00630. The van der Waals surface area contributed by atoms with E-state index in [4.69, 9.17) is 71.1 Å². The first-order valence-electron chi connectivity index (χ1n) is 49.7. The molecule has 21 rings (SSSR count). The van der Waals surface area contributed by atoms with Crippen LogP contribution in [0, 0.1) is 0 Å². The monoisotopic (exact) mass is 1950 g/mol.